The van der Waals surface area contributed by atoms with Crippen LogP contribution in [0, 0.1) is 0 Å². The summed E-state index contributed by atoms with van der Waals surface area (Å²) in [6.07, 6.45) is 0. The third-order valence-electron chi connectivity index (χ3n) is 0. The quantitative estimate of drug-likeness (QED) is 0.470. The van der Waals surface area contributed by atoms with E-state index in [0.717, 1.165) is 0 Å². The molecule has 0 atom stereocenters. The summed E-state index contributed by atoms with van der Waals surface area (Å²) in [6.45, 7) is -5.43. The van der Waals surface area contributed by atoms with E-state index in [1.807, 2.05) is 0 Å². The molecule has 2 radical (unpaired) electrons. The maximum atomic E-state index is 5.06. The third kappa shape index (κ3) is 57.9. The van der Waals surface area contributed by atoms with Crippen LogP contribution in [-0.2, 0) is 6.97 Å². The summed E-state index contributed by atoms with van der Waals surface area (Å²) in [7, 11) is 30.4. The molecule has 0 nitrogen and oxygen atoms in total. The van der Waals surface area contributed by atoms with E-state index < -0.39 is 6.97 Å². The minimum atomic E-state index is -5.43. The van der Waals surface area contributed by atoms with E-state index in [0.29, 0.717) is 0 Å². The summed E-state index contributed by atoms with van der Waals surface area (Å²) in [5, 5.41) is 0. The molecule has 0 saturated carbocycles. The van der Waals surface area contributed by atoms with Crippen molar-refractivity contribution in [3.05, 3.63) is 0 Å². The molecule has 51 valence electrons. The van der Waals surface area contributed by atoms with Crippen LogP contribution >= 0.6 is 57.2 Å². The van der Waals surface area contributed by atoms with E-state index >= 15 is 0 Å². The van der Waals surface area contributed by atoms with E-state index in [1.54, 1.807) is 0 Å². The van der Waals surface area contributed by atoms with Crippen molar-refractivity contribution in [1.82, 2.24) is 0 Å². The van der Waals surface area contributed by atoms with Gasteiger partial charge in [0.05, 0.1) is 0 Å². The zero-order valence-electron chi connectivity index (χ0n) is 4.65. The van der Waals surface area contributed by atoms with Gasteiger partial charge in [-0.2, -0.15) is 0 Å². The van der Waals surface area contributed by atoms with Crippen molar-refractivity contribution < 1.29 is 6.97 Å². The van der Waals surface area contributed by atoms with Gasteiger partial charge in [0.15, 0.2) is 0 Å². The molecule has 0 amide bonds. The molecule has 9 heavy (non-hydrogen) atoms. The summed E-state index contributed by atoms with van der Waals surface area (Å²) in [4.78, 5) is 0. The fourth-order valence-electron chi connectivity index (χ4n) is 0. The van der Waals surface area contributed by atoms with Gasteiger partial charge in [-0.3, -0.25) is 0 Å². The molecule has 0 aliphatic heterocycles. The van der Waals surface area contributed by atoms with E-state index in [4.69, 9.17) is 57.2 Å². The zero-order chi connectivity index (χ0) is 6.41. The summed E-state index contributed by atoms with van der Waals surface area (Å²) >= 11 is 0. The first-order chi connectivity index (χ1) is 2.45. The molecule has 9 heteroatoms. The SMILES string of the molecule is [Cl][Re]([Cl])([Cl])([Cl])([Cl])[Cl].[K].[K]. The normalized spacial score (nSPS) is 18.0. The fraction of sp³-hybridized carbons (Fsp3) is 0. The van der Waals surface area contributed by atoms with Gasteiger partial charge in [0.25, 0.3) is 0 Å². The predicted octanol–water partition coefficient (Wildman–Crippen LogP) is 3.37. The number of hydrogen-bond acceptors (Lipinski definition) is 0. The maximum absolute atomic E-state index is 5.43. The van der Waals surface area contributed by atoms with Crippen LogP contribution in [0.15, 0.2) is 0 Å². The third-order valence-corrected chi connectivity index (χ3v) is 0. The van der Waals surface area contributed by atoms with Gasteiger partial charge >= 0.3 is 64.1 Å². The van der Waals surface area contributed by atoms with Gasteiger partial charge in [-0.15, -0.1) is 0 Å². The summed E-state index contributed by atoms with van der Waals surface area (Å²) in [5.74, 6) is 0. The molecule has 0 aliphatic rings. The Hall–Kier alpha value is 5.68. The van der Waals surface area contributed by atoms with Crippen LogP contribution in [0.3, 0.4) is 0 Å². The molecule has 0 bridgehead atoms. The van der Waals surface area contributed by atoms with Crippen molar-refractivity contribution in [2.75, 3.05) is 0 Å². The van der Waals surface area contributed by atoms with Gasteiger partial charge in [0.2, 0.25) is 0 Å². The fourth-order valence-corrected chi connectivity index (χ4v) is 0. The molecule has 0 fully saturated rings. The molecular weight excluding hydrogens is 477 g/mol. The first kappa shape index (κ1) is 20.1. The molecule has 0 aromatic carbocycles. The Kier molecular flexibility index (Phi) is 11.5. The number of halogens is 6. The maximum Gasteiger partial charge on any atom is 0 e. The van der Waals surface area contributed by atoms with Crippen molar-refractivity contribution in [3.8, 4) is 0 Å². The second kappa shape index (κ2) is 5.14. The van der Waals surface area contributed by atoms with Crippen LogP contribution in [0.4, 0.5) is 0 Å². The van der Waals surface area contributed by atoms with E-state index in [1.165, 1.54) is 0 Å². The van der Waals surface area contributed by atoms with Crippen molar-refractivity contribution >= 4 is 160 Å². The molecule has 0 heterocycles. The number of rotatable bonds is 0. The monoisotopic (exact) mass is 475 g/mol. The van der Waals surface area contributed by atoms with Crippen molar-refractivity contribution in [3.63, 3.8) is 0 Å². The van der Waals surface area contributed by atoms with Gasteiger partial charge < -0.3 is 0 Å². The van der Waals surface area contributed by atoms with Crippen molar-refractivity contribution in [2.45, 2.75) is 0 Å². The molecule has 0 unspecified atom stereocenters. The first-order valence-corrected chi connectivity index (χ1v) is 21.0. The average molecular weight is 477 g/mol. The summed E-state index contributed by atoms with van der Waals surface area (Å²) in [6, 6.07) is 0. The molecule has 0 saturated heterocycles. The van der Waals surface area contributed by atoms with Crippen LogP contribution in [0.1, 0.15) is 0 Å². The van der Waals surface area contributed by atoms with Crippen LogP contribution in [-0.4, -0.2) is 103 Å². The standard InChI is InChI=1S/6ClH.2K.Re/h6*1H;;;/q;;;;;;;;+6/p-6. The topological polar surface area (TPSA) is 0 Å². The van der Waals surface area contributed by atoms with Crippen LogP contribution < -0.4 is 0 Å². The van der Waals surface area contributed by atoms with Gasteiger partial charge in [0.1, 0.15) is 0 Å². The average Bonchev–Trinajstić information content (AvgIpc) is 0.592. The van der Waals surface area contributed by atoms with E-state index in [-0.39, 0.29) is 103 Å². The van der Waals surface area contributed by atoms with Crippen LogP contribution in [0.5, 0.6) is 0 Å². The Morgan fingerprint density at radius 3 is 0.556 bits per heavy atom. The minimum absolute atomic E-state index is 0. The minimum Gasteiger partial charge on any atom is 0 e. The van der Waals surface area contributed by atoms with Crippen LogP contribution in [0.25, 0.3) is 0 Å². The van der Waals surface area contributed by atoms with E-state index in [2.05, 4.69) is 0 Å². The molecule has 0 rings (SSSR count). The van der Waals surface area contributed by atoms with Gasteiger partial charge in [-0.25, -0.2) is 0 Å². The summed E-state index contributed by atoms with van der Waals surface area (Å²) < 4.78 is 0. The Labute approximate surface area is 161 Å². The van der Waals surface area contributed by atoms with E-state index in [9.17, 15) is 0 Å². The molecule has 0 aliphatic carbocycles. The summed E-state index contributed by atoms with van der Waals surface area (Å²) in [5.41, 5.74) is 0. The molecule has 0 aromatic heterocycles. The Balaban J connectivity index is -0.000000180. The smallest absolute Gasteiger partial charge is 0 e. The second-order valence-corrected chi connectivity index (χ2v) is 59.7. The molecule has 0 spiro atoms. The Morgan fingerprint density at radius 1 is 0.556 bits per heavy atom. The Bertz CT molecular complexity index is 69.6. The molecular formula is Cl6K2Re. The zero-order valence-corrected chi connectivity index (χ0v) is 18.1. The Morgan fingerprint density at radius 2 is 0.556 bits per heavy atom. The van der Waals surface area contributed by atoms with Gasteiger partial charge in [-0.05, 0) is 0 Å². The van der Waals surface area contributed by atoms with Crippen molar-refractivity contribution in [2.24, 2.45) is 0 Å². The first-order valence-electron chi connectivity index (χ1n) is 0.857. The predicted molar refractivity (Wildman–Crippen MR) is 46.6 cm³/mol. The van der Waals surface area contributed by atoms with Gasteiger partial charge in [0, 0.05) is 103 Å². The molecule has 0 aromatic rings. The number of hydrogen-bond donors (Lipinski definition) is 0. The van der Waals surface area contributed by atoms with Crippen LogP contribution in [0.2, 0.25) is 0 Å². The largest absolute Gasteiger partial charge is 0 e. The molecule has 0 N–H and O–H groups in total. The van der Waals surface area contributed by atoms with Gasteiger partial charge in [-0.1, -0.05) is 0 Å². The second-order valence-electron chi connectivity index (χ2n) is 0.810. The van der Waals surface area contributed by atoms with Crippen molar-refractivity contribution in [1.29, 1.82) is 0 Å².